The molecule has 0 bridgehead atoms. The smallest absolute Gasteiger partial charge is 0.265 e. The number of carbonyl (C=O) groups excluding carboxylic acids is 2. The molecule has 0 unspecified atom stereocenters. The van der Waals surface area contributed by atoms with Gasteiger partial charge >= 0.3 is 0 Å². The number of hydrogen-bond donors (Lipinski definition) is 2. The molecule has 1 aliphatic carbocycles. The number of amides is 1. The third-order valence-corrected chi connectivity index (χ3v) is 7.34. The van der Waals surface area contributed by atoms with E-state index in [2.05, 4.69) is 5.32 Å². The number of anilines is 1. The summed E-state index contributed by atoms with van der Waals surface area (Å²) in [6.45, 7) is 1.89. The Kier molecular flexibility index (Phi) is 5.79. The van der Waals surface area contributed by atoms with Gasteiger partial charge in [0.1, 0.15) is 0 Å². The average molecular weight is 455 g/mol. The summed E-state index contributed by atoms with van der Waals surface area (Å²) in [5, 5.41) is 8.04. The summed E-state index contributed by atoms with van der Waals surface area (Å²) in [4.78, 5) is 26.6. The fourth-order valence-corrected chi connectivity index (χ4v) is 4.66. The highest BCUT2D eigenvalue weighted by Crippen LogP contribution is 2.34. The predicted molar refractivity (Wildman–Crippen MR) is 122 cm³/mol. The molecule has 6 nitrogen and oxygen atoms in total. The van der Waals surface area contributed by atoms with Gasteiger partial charge in [-0.2, -0.15) is 0 Å². The van der Waals surface area contributed by atoms with Gasteiger partial charge in [0, 0.05) is 22.5 Å². The molecule has 4 rings (SSSR count). The SMILES string of the molecule is Cc1ccc(C(=O)CC2CC2)cc1NC(=O)c1ccc(-c2ccc(S(N)(=O)=O)cc2)s1. The molecule has 1 amide bonds. The minimum absolute atomic E-state index is 0.0392. The Hall–Kier alpha value is -2.81. The van der Waals surface area contributed by atoms with Gasteiger partial charge in [0.05, 0.1) is 9.77 Å². The average Bonchev–Trinajstić information content (AvgIpc) is 3.40. The van der Waals surface area contributed by atoms with Gasteiger partial charge in [0.2, 0.25) is 10.0 Å². The third-order valence-electron chi connectivity index (χ3n) is 5.28. The standard InChI is InChI=1S/C23H22N2O4S2/c1-14-2-5-17(20(26)12-15-3-4-15)13-19(14)25-23(27)22-11-10-21(30-22)16-6-8-18(9-7-16)31(24,28)29/h2,5-11,13,15H,3-4,12H2,1H3,(H,25,27)(H2,24,28,29). The van der Waals surface area contributed by atoms with Gasteiger partial charge in [-0.25, -0.2) is 13.6 Å². The van der Waals surface area contributed by atoms with E-state index < -0.39 is 10.0 Å². The fourth-order valence-electron chi connectivity index (χ4n) is 3.24. The summed E-state index contributed by atoms with van der Waals surface area (Å²) in [6, 6.07) is 15.1. The van der Waals surface area contributed by atoms with Crippen LogP contribution >= 0.6 is 11.3 Å². The van der Waals surface area contributed by atoms with E-state index in [9.17, 15) is 18.0 Å². The summed E-state index contributed by atoms with van der Waals surface area (Å²) in [5.41, 5.74) is 2.92. The monoisotopic (exact) mass is 454 g/mol. The van der Waals surface area contributed by atoms with Crippen LogP contribution in [0.2, 0.25) is 0 Å². The Morgan fingerprint density at radius 1 is 1.06 bits per heavy atom. The molecule has 0 radical (unpaired) electrons. The van der Waals surface area contributed by atoms with Gasteiger partial charge in [-0.05, 0) is 67.1 Å². The second-order valence-corrected chi connectivity index (χ2v) is 10.4. The van der Waals surface area contributed by atoms with E-state index in [0.29, 0.717) is 28.5 Å². The van der Waals surface area contributed by atoms with E-state index in [-0.39, 0.29) is 16.6 Å². The van der Waals surface area contributed by atoms with Gasteiger partial charge < -0.3 is 5.32 Å². The Bertz CT molecular complexity index is 1260. The van der Waals surface area contributed by atoms with E-state index >= 15 is 0 Å². The van der Waals surface area contributed by atoms with Crippen molar-refractivity contribution < 1.29 is 18.0 Å². The lowest BCUT2D eigenvalue weighted by Gasteiger charge is -2.10. The van der Waals surface area contributed by atoms with Crippen molar-refractivity contribution in [3.8, 4) is 10.4 Å². The third kappa shape index (κ3) is 5.10. The van der Waals surface area contributed by atoms with Crippen molar-refractivity contribution in [2.75, 3.05) is 5.32 Å². The summed E-state index contributed by atoms with van der Waals surface area (Å²) in [7, 11) is -3.75. The number of sulfonamides is 1. The van der Waals surface area contributed by atoms with E-state index in [1.165, 1.54) is 23.5 Å². The lowest BCUT2D eigenvalue weighted by molar-refractivity contribution is 0.0974. The molecule has 0 aliphatic heterocycles. The second kappa shape index (κ2) is 8.37. The van der Waals surface area contributed by atoms with Crippen LogP contribution in [0.3, 0.4) is 0 Å². The quantitative estimate of drug-likeness (QED) is 0.509. The first-order valence-corrected chi connectivity index (χ1v) is 12.3. The summed E-state index contributed by atoms with van der Waals surface area (Å²) in [5.74, 6) is 0.363. The zero-order chi connectivity index (χ0) is 22.2. The molecule has 0 saturated heterocycles. The minimum atomic E-state index is -3.75. The lowest BCUT2D eigenvalue weighted by Crippen LogP contribution is -2.12. The van der Waals surface area contributed by atoms with Crippen molar-refractivity contribution in [1.82, 2.24) is 0 Å². The van der Waals surface area contributed by atoms with Crippen LogP contribution in [0.15, 0.2) is 59.5 Å². The van der Waals surface area contributed by atoms with Crippen molar-refractivity contribution in [2.24, 2.45) is 11.1 Å². The number of nitrogens with two attached hydrogens (primary N) is 1. The number of Topliss-reactive ketones (excluding diaryl/α,β-unsaturated/α-hetero) is 1. The van der Waals surface area contributed by atoms with Gasteiger partial charge in [-0.1, -0.05) is 24.3 Å². The molecular formula is C23H22N2O4S2. The highest BCUT2D eigenvalue weighted by molar-refractivity contribution is 7.89. The molecule has 3 N–H and O–H groups in total. The minimum Gasteiger partial charge on any atom is -0.321 e. The topological polar surface area (TPSA) is 106 Å². The Morgan fingerprint density at radius 3 is 2.42 bits per heavy atom. The number of carbonyl (C=O) groups is 2. The molecule has 0 atom stereocenters. The fraction of sp³-hybridized carbons (Fsp3) is 0.217. The summed E-state index contributed by atoms with van der Waals surface area (Å²) >= 11 is 1.30. The molecule has 1 saturated carbocycles. The molecule has 2 aromatic carbocycles. The number of ketones is 1. The molecule has 0 spiro atoms. The van der Waals surface area contributed by atoms with Crippen LogP contribution in [0.5, 0.6) is 0 Å². The van der Waals surface area contributed by atoms with E-state index in [1.807, 2.05) is 25.1 Å². The molecule has 160 valence electrons. The zero-order valence-corrected chi connectivity index (χ0v) is 18.6. The van der Waals surface area contributed by atoms with Crippen LogP contribution in [0.4, 0.5) is 5.69 Å². The number of thiophene rings is 1. The molecular weight excluding hydrogens is 432 g/mol. The number of rotatable bonds is 7. The Balaban J connectivity index is 1.49. The molecule has 31 heavy (non-hydrogen) atoms. The second-order valence-electron chi connectivity index (χ2n) is 7.79. The lowest BCUT2D eigenvalue weighted by atomic mass is 10.0. The van der Waals surface area contributed by atoms with E-state index in [4.69, 9.17) is 5.14 Å². The van der Waals surface area contributed by atoms with Crippen LogP contribution in [-0.4, -0.2) is 20.1 Å². The predicted octanol–water partition coefficient (Wildman–Crippen LogP) is 4.61. The molecule has 1 aliphatic rings. The van der Waals surface area contributed by atoms with Gasteiger partial charge in [-0.3, -0.25) is 9.59 Å². The summed E-state index contributed by atoms with van der Waals surface area (Å²) < 4.78 is 22.8. The van der Waals surface area contributed by atoms with Crippen LogP contribution in [-0.2, 0) is 10.0 Å². The van der Waals surface area contributed by atoms with Crippen molar-refractivity contribution in [3.63, 3.8) is 0 Å². The normalized spacial score (nSPS) is 13.7. The maximum atomic E-state index is 12.8. The highest BCUT2D eigenvalue weighted by atomic mass is 32.2. The number of primary sulfonamides is 1. The Morgan fingerprint density at radius 2 is 1.77 bits per heavy atom. The van der Waals surface area contributed by atoms with Crippen LogP contribution in [0.1, 0.15) is 44.9 Å². The highest BCUT2D eigenvalue weighted by Gasteiger charge is 2.25. The van der Waals surface area contributed by atoms with Crippen molar-refractivity contribution in [3.05, 3.63) is 70.6 Å². The van der Waals surface area contributed by atoms with Gasteiger partial charge in [0.15, 0.2) is 5.78 Å². The molecule has 1 heterocycles. The molecule has 8 heteroatoms. The maximum Gasteiger partial charge on any atom is 0.265 e. The van der Waals surface area contributed by atoms with Gasteiger partial charge in [-0.15, -0.1) is 11.3 Å². The zero-order valence-electron chi connectivity index (χ0n) is 16.9. The summed E-state index contributed by atoms with van der Waals surface area (Å²) in [6.07, 6.45) is 2.80. The van der Waals surface area contributed by atoms with Crippen LogP contribution in [0, 0.1) is 12.8 Å². The Labute approximate surface area is 185 Å². The maximum absolute atomic E-state index is 12.8. The first kappa shape index (κ1) is 21.4. The molecule has 3 aromatic rings. The number of aryl methyl sites for hydroxylation is 1. The van der Waals surface area contributed by atoms with Crippen LogP contribution < -0.4 is 10.5 Å². The van der Waals surface area contributed by atoms with Crippen LogP contribution in [0.25, 0.3) is 10.4 Å². The van der Waals surface area contributed by atoms with Crippen molar-refractivity contribution in [2.45, 2.75) is 31.1 Å². The molecule has 1 aromatic heterocycles. The van der Waals surface area contributed by atoms with Crippen molar-refractivity contribution in [1.29, 1.82) is 0 Å². The van der Waals surface area contributed by atoms with Gasteiger partial charge in [0.25, 0.3) is 5.91 Å². The van der Waals surface area contributed by atoms with E-state index in [0.717, 1.165) is 28.8 Å². The van der Waals surface area contributed by atoms with E-state index in [1.54, 1.807) is 24.3 Å². The first-order chi connectivity index (χ1) is 14.7. The first-order valence-electron chi connectivity index (χ1n) is 9.89. The molecule has 1 fully saturated rings. The van der Waals surface area contributed by atoms with Crippen molar-refractivity contribution >= 4 is 38.7 Å². The number of hydrogen-bond acceptors (Lipinski definition) is 5. The largest absolute Gasteiger partial charge is 0.321 e. The number of nitrogens with one attached hydrogen (secondary N) is 1. The number of benzene rings is 2.